The first-order chi connectivity index (χ1) is 22.8. The van der Waals surface area contributed by atoms with Crippen molar-refractivity contribution in [1.29, 1.82) is 0 Å². The van der Waals surface area contributed by atoms with Crippen LogP contribution in [0.2, 0.25) is 0 Å². The maximum atomic E-state index is 13.3. The smallest absolute Gasteiger partial charge is 0.497 e. The molecule has 0 aliphatic carbocycles. The van der Waals surface area contributed by atoms with Crippen LogP contribution in [0.5, 0.6) is 11.5 Å². The van der Waals surface area contributed by atoms with E-state index in [4.69, 9.17) is 4.74 Å². The van der Waals surface area contributed by atoms with Crippen molar-refractivity contribution in [3.8, 4) is 28.6 Å². The Morgan fingerprint density at radius 2 is 1.71 bits per heavy atom. The number of amidine groups is 1. The molecule has 1 saturated heterocycles. The first kappa shape index (κ1) is 34.8. The number of nitrogens with one attached hydrogen (secondary N) is 1. The summed E-state index contributed by atoms with van der Waals surface area (Å²) in [4.78, 5) is 24.4. The third-order valence-corrected chi connectivity index (χ3v) is 9.34. The van der Waals surface area contributed by atoms with Gasteiger partial charge in [-0.1, -0.05) is 62.9 Å². The lowest BCUT2D eigenvalue weighted by Gasteiger charge is -2.37. The second-order valence-electron chi connectivity index (χ2n) is 12.0. The molecule has 0 radical (unpaired) electrons. The van der Waals surface area contributed by atoms with E-state index < -0.39 is 12.4 Å². The number of benzene rings is 3. The molecule has 3 aromatic carbocycles. The van der Waals surface area contributed by atoms with E-state index in [2.05, 4.69) is 56.9 Å². The number of rotatable bonds is 9. The summed E-state index contributed by atoms with van der Waals surface area (Å²) >= 11 is 1.58. The lowest BCUT2D eigenvalue weighted by molar-refractivity contribution is -0.274. The molecule has 3 unspecified atom stereocenters. The Morgan fingerprint density at radius 1 is 1.02 bits per heavy atom. The Balaban J connectivity index is 1.25. The number of ether oxygens (including phenoxy) is 2. The highest BCUT2D eigenvalue weighted by molar-refractivity contribution is 8.14. The van der Waals surface area contributed by atoms with Gasteiger partial charge in [0.1, 0.15) is 17.8 Å². The van der Waals surface area contributed by atoms with Crippen molar-refractivity contribution >= 4 is 28.6 Å². The summed E-state index contributed by atoms with van der Waals surface area (Å²) < 4.78 is 48.4. The normalized spacial score (nSPS) is 17.3. The van der Waals surface area contributed by atoms with Gasteiger partial charge in [0.05, 0.1) is 18.5 Å². The van der Waals surface area contributed by atoms with Gasteiger partial charge < -0.3 is 19.7 Å². The average molecular weight is 681 g/mol. The third kappa shape index (κ3) is 8.30. The second kappa shape index (κ2) is 14.7. The molecule has 0 bridgehead atoms. The molecule has 1 aliphatic heterocycles. The van der Waals surface area contributed by atoms with E-state index in [1.165, 1.54) is 40.8 Å². The van der Waals surface area contributed by atoms with E-state index >= 15 is 0 Å². The minimum absolute atomic E-state index is 0.0221. The summed E-state index contributed by atoms with van der Waals surface area (Å²) in [6.45, 7) is 10.5. The molecule has 1 aromatic heterocycles. The molecule has 0 saturated carbocycles. The first-order valence-corrected chi connectivity index (χ1v) is 16.7. The molecule has 0 spiro atoms. The van der Waals surface area contributed by atoms with Gasteiger partial charge in [-0.2, -0.15) is 4.99 Å². The topological polar surface area (TPSA) is 93.9 Å². The number of halogens is 3. The van der Waals surface area contributed by atoms with Crippen molar-refractivity contribution in [1.82, 2.24) is 20.1 Å². The highest BCUT2D eigenvalue weighted by Gasteiger charge is 2.31. The number of aromatic nitrogens is 3. The van der Waals surface area contributed by atoms with Crippen molar-refractivity contribution in [2.45, 2.75) is 71.3 Å². The molecule has 48 heavy (non-hydrogen) atoms. The summed E-state index contributed by atoms with van der Waals surface area (Å²) in [5.74, 6) is 2.04. The Labute approximate surface area is 282 Å². The second-order valence-corrected chi connectivity index (χ2v) is 13.1. The number of hydrogen-bond acceptors (Lipinski definition) is 6. The fourth-order valence-corrected chi connectivity index (χ4v) is 6.67. The number of urea groups is 1. The van der Waals surface area contributed by atoms with Gasteiger partial charge in [-0.05, 0) is 67.6 Å². The zero-order valence-electron chi connectivity index (χ0n) is 27.7. The van der Waals surface area contributed by atoms with Crippen molar-refractivity contribution < 1.29 is 27.4 Å². The van der Waals surface area contributed by atoms with E-state index in [9.17, 15) is 18.0 Å². The minimum Gasteiger partial charge on any atom is -0.497 e. The van der Waals surface area contributed by atoms with Crippen molar-refractivity contribution in [2.24, 2.45) is 4.99 Å². The van der Waals surface area contributed by atoms with E-state index in [1.54, 1.807) is 18.9 Å². The summed E-state index contributed by atoms with van der Waals surface area (Å²) in [5.41, 5.74) is 4.49. The molecule has 1 N–H and O–H groups in total. The molecule has 2 amide bonds. The summed E-state index contributed by atoms with van der Waals surface area (Å²) in [7, 11) is 1.65. The van der Waals surface area contributed by atoms with Crippen LogP contribution in [-0.2, 0) is 0 Å². The molecule has 3 atom stereocenters. The lowest BCUT2D eigenvalue weighted by Crippen LogP contribution is -2.43. The molecule has 2 heterocycles. The largest absolute Gasteiger partial charge is 0.573 e. The van der Waals surface area contributed by atoms with Crippen LogP contribution in [0.25, 0.3) is 17.1 Å². The Hall–Kier alpha value is -4.52. The van der Waals surface area contributed by atoms with Crippen LogP contribution in [0.4, 0.5) is 23.7 Å². The number of carbonyl (C=O) groups is 1. The van der Waals surface area contributed by atoms with Crippen LogP contribution >= 0.6 is 11.8 Å². The maximum absolute atomic E-state index is 13.3. The molecule has 1 fully saturated rings. The number of aliphatic imine (C=N–C) groups is 1. The van der Waals surface area contributed by atoms with Gasteiger partial charge in [-0.15, -0.1) is 18.3 Å². The van der Waals surface area contributed by atoms with Gasteiger partial charge in [0, 0.05) is 35.4 Å². The molecule has 9 nitrogen and oxygen atoms in total. The first-order valence-electron chi connectivity index (χ1n) is 15.7. The maximum Gasteiger partial charge on any atom is 0.573 e. The SMILES string of the molecule is COc1ccc(C(C)C)c(N2/C(=N/C(=O)NC(C)C(C)c3ccc(-c4ncn(-c5ccc(OC(F)(F)F)cc5)n4)cc3)SCCC2C)c1. The van der Waals surface area contributed by atoms with Crippen molar-refractivity contribution in [3.05, 3.63) is 84.2 Å². The van der Waals surface area contributed by atoms with Gasteiger partial charge in [-0.25, -0.2) is 14.5 Å². The number of amides is 2. The number of anilines is 1. The fourth-order valence-electron chi connectivity index (χ4n) is 5.47. The lowest BCUT2D eigenvalue weighted by atomic mass is 9.93. The van der Waals surface area contributed by atoms with E-state index in [0.29, 0.717) is 16.7 Å². The summed E-state index contributed by atoms with van der Waals surface area (Å²) in [6.07, 6.45) is -2.30. The zero-order valence-corrected chi connectivity index (χ0v) is 28.5. The van der Waals surface area contributed by atoms with E-state index in [-0.39, 0.29) is 29.7 Å². The van der Waals surface area contributed by atoms with E-state index in [0.717, 1.165) is 34.7 Å². The quantitative estimate of drug-likeness (QED) is 0.189. The number of alkyl halides is 3. The molecule has 1 aliphatic rings. The molecular weight excluding hydrogens is 641 g/mol. The Morgan fingerprint density at radius 3 is 2.35 bits per heavy atom. The number of carbonyl (C=O) groups excluding carboxylic acids is 1. The predicted octanol–water partition coefficient (Wildman–Crippen LogP) is 8.55. The van der Waals surface area contributed by atoms with Gasteiger partial charge in [0.15, 0.2) is 11.0 Å². The predicted molar refractivity (Wildman–Crippen MR) is 183 cm³/mol. The van der Waals surface area contributed by atoms with Crippen LogP contribution in [-0.4, -0.2) is 57.3 Å². The van der Waals surface area contributed by atoms with Gasteiger partial charge in [-0.3, -0.25) is 0 Å². The van der Waals surface area contributed by atoms with Crippen molar-refractivity contribution in [2.75, 3.05) is 17.8 Å². The van der Waals surface area contributed by atoms with Gasteiger partial charge in [0.2, 0.25) is 0 Å². The third-order valence-electron chi connectivity index (χ3n) is 8.35. The van der Waals surface area contributed by atoms with Crippen LogP contribution in [0, 0.1) is 0 Å². The van der Waals surface area contributed by atoms with Crippen molar-refractivity contribution in [3.63, 3.8) is 0 Å². The fraction of sp³-hybridized carbons (Fsp3) is 0.371. The summed E-state index contributed by atoms with van der Waals surface area (Å²) in [6, 6.07) is 18.7. The molecule has 4 aromatic rings. The summed E-state index contributed by atoms with van der Waals surface area (Å²) in [5, 5.41) is 8.21. The Kier molecular flexibility index (Phi) is 10.7. The Bertz CT molecular complexity index is 1740. The highest BCUT2D eigenvalue weighted by Crippen LogP contribution is 2.37. The van der Waals surface area contributed by atoms with E-state index in [1.807, 2.05) is 50.2 Å². The standard InChI is InChI=1S/C35H39F3N6O3S/c1-21(2)30-16-15-29(46-6)19-31(30)44-22(3)17-18-48-34(44)41-33(45)40-24(5)23(4)25-7-9-26(10-8-25)32-39-20-43(42-32)27-11-13-28(14-12-27)47-35(36,37)38/h7-16,19-24H,17-18H2,1-6H3,(H,40,45)/b41-34-. The highest BCUT2D eigenvalue weighted by atomic mass is 32.2. The molecule has 254 valence electrons. The van der Waals surface area contributed by atoms with Gasteiger partial charge >= 0.3 is 12.4 Å². The number of hydrogen-bond donors (Lipinski definition) is 1. The molecular formula is C35H39F3N6O3S. The average Bonchev–Trinajstić information content (AvgIpc) is 3.54. The van der Waals surface area contributed by atoms with Crippen LogP contribution in [0.15, 0.2) is 78.0 Å². The zero-order chi connectivity index (χ0) is 34.6. The minimum atomic E-state index is -4.76. The van der Waals surface area contributed by atoms with Gasteiger partial charge in [0.25, 0.3) is 0 Å². The number of thioether (sulfide) groups is 1. The molecule has 5 rings (SSSR count). The molecule has 13 heteroatoms. The number of nitrogens with zero attached hydrogens (tertiary/aromatic N) is 5. The van der Waals surface area contributed by atoms with Crippen LogP contribution in [0.3, 0.4) is 0 Å². The van der Waals surface area contributed by atoms with Crippen LogP contribution in [0.1, 0.15) is 64.0 Å². The monoisotopic (exact) mass is 680 g/mol. The van der Waals surface area contributed by atoms with Crippen LogP contribution < -0.4 is 19.7 Å². The number of methoxy groups -OCH3 is 1.